The molecular formula is C13H17NO4. The van der Waals surface area contributed by atoms with Crippen molar-refractivity contribution < 1.29 is 19.1 Å². The van der Waals surface area contributed by atoms with Crippen molar-refractivity contribution in [3.63, 3.8) is 0 Å². The first-order valence-corrected chi connectivity index (χ1v) is 5.50. The molecule has 0 aliphatic rings. The van der Waals surface area contributed by atoms with E-state index >= 15 is 0 Å². The van der Waals surface area contributed by atoms with E-state index in [2.05, 4.69) is 4.74 Å². The molecule has 0 bridgehead atoms. The molecule has 0 fully saturated rings. The smallest absolute Gasteiger partial charge is 0.339 e. The molecule has 0 radical (unpaired) electrons. The van der Waals surface area contributed by atoms with Gasteiger partial charge in [0, 0.05) is 14.2 Å². The highest BCUT2D eigenvalue weighted by Gasteiger charge is 2.22. The summed E-state index contributed by atoms with van der Waals surface area (Å²) in [6.07, 6.45) is -0.569. The zero-order valence-electron chi connectivity index (χ0n) is 11.0. The van der Waals surface area contributed by atoms with Crippen LogP contribution in [0.1, 0.15) is 17.3 Å². The summed E-state index contributed by atoms with van der Waals surface area (Å²) in [5.41, 5.74) is 0.845. The summed E-state index contributed by atoms with van der Waals surface area (Å²) in [7, 11) is 4.36. The third kappa shape index (κ3) is 2.87. The van der Waals surface area contributed by atoms with Gasteiger partial charge in [0.15, 0.2) is 0 Å². The second-order valence-electron chi connectivity index (χ2n) is 3.78. The summed E-state index contributed by atoms with van der Waals surface area (Å²) in [4.78, 5) is 25.0. The second-order valence-corrected chi connectivity index (χ2v) is 3.78. The van der Waals surface area contributed by atoms with E-state index in [1.54, 1.807) is 38.2 Å². The number of anilines is 1. The Balaban J connectivity index is 3.09. The monoisotopic (exact) mass is 251 g/mol. The standard InChI is InChI=1S/C13H17NO4/c1-9(17-3)12(15)14(2)11-8-6-5-7-10(11)13(16)18-4/h5-9H,1-4H3. The van der Waals surface area contributed by atoms with Gasteiger partial charge >= 0.3 is 5.97 Å². The van der Waals surface area contributed by atoms with Crippen molar-refractivity contribution in [2.45, 2.75) is 13.0 Å². The van der Waals surface area contributed by atoms with Gasteiger partial charge in [0.1, 0.15) is 6.10 Å². The second kappa shape index (κ2) is 6.16. The van der Waals surface area contributed by atoms with Crippen molar-refractivity contribution >= 4 is 17.6 Å². The van der Waals surface area contributed by atoms with E-state index in [-0.39, 0.29) is 5.91 Å². The molecule has 0 saturated heterocycles. The van der Waals surface area contributed by atoms with Gasteiger partial charge in [0.25, 0.3) is 5.91 Å². The summed E-state index contributed by atoms with van der Waals surface area (Å²) < 4.78 is 9.66. The van der Waals surface area contributed by atoms with Gasteiger partial charge in [-0.25, -0.2) is 4.79 Å². The van der Waals surface area contributed by atoms with Crippen LogP contribution in [0.4, 0.5) is 5.69 Å². The Hall–Kier alpha value is -1.88. The molecule has 0 aliphatic carbocycles. The minimum absolute atomic E-state index is 0.228. The Labute approximate surface area is 106 Å². The van der Waals surface area contributed by atoms with Crippen LogP contribution in [0.5, 0.6) is 0 Å². The van der Waals surface area contributed by atoms with E-state index in [4.69, 9.17) is 4.74 Å². The van der Waals surface area contributed by atoms with E-state index in [1.807, 2.05) is 0 Å². The van der Waals surface area contributed by atoms with E-state index < -0.39 is 12.1 Å². The number of hydrogen-bond donors (Lipinski definition) is 0. The third-order valence-corrected chi connectivity index (χ3v) is 2.70. The number of benzene rings is 1. The molecule has 18 heavy (non-hydrogen) atoms. The fourth-order valence-electron chi connectivity index (χ4n) is 1.54. The number of methoxy groups -OCH3 is 2. The van der Waals surface area contributed by atoms with E-state index in [0.717, 1.165) is 0 Å². The largest absolute Gasteiger partial charge is 0.465 e. The number of ether oxygens (including phenoxy) is 2. The molecule has 1 aromatic rings. The van der Waals surface area contributed by atoms with Gasteiger partial charge in [0.05, 0.1) is 18.4 Å². The Morgan fingerprint density at radius 1 is 1.22 bits per heavy atom. The van der Waals surface area contributed by atoms with Crippen molar-refractivity contribution in [2.75, 3.05) is 26.2 Å². The number of amides is 1. The topological polar surface area (TPSA) is 55.8 Å². The lowest BCUT2D eigenvalue weighted by molar-refractivity contribution is -0.127. The SMILES string of the molecule is COC(=O)c1ccccc1N(C)C(=O)C(C)OC. The summed E-state index contributed by atoms with van der Waals surface area (Å²) >= 11 is 0. The number of hydrogen-bond acceptors (Lipinski definition) is 4. The summed E-state index contributed by atoms with van der Waals surface area (Å²) in [5, 5.41) is 0. The average Bonchev–Trinajstić information content (AvgIpc) is 2.43. The van der Waals surface area contributed by atoms with Crippen LogP contribution in [0, 0.1) is 0 Å². The number of nitrogens with zero attached hydrogens (tertiary/aromatic N) is 1. The van der Waals surface area contributed by atoms with E-state index in [1.165, 1.54) is 19.1 Å². The minimum atomic E-state index is -0.569. The molecule has 0 heterocycles. The molecular weight excluding hydrogens is 234 g/mol. The number of likely N-dealkylation sites (N-methyl/N-ethyl adjacent to an activating group) is 1. The molecule has 5 heteroatoms. The van der Waals surface area contributed by atoms with Crippen LogP contribution in [0.3, 0.4) is 0 Å². The zero-order chi connectivity index (χ0) is 13.7. The zero-order valence-corrected chi connectivity index (χ0v) is 11.0. The van der Waals surface area contributed by atoms with Crippen LogP contribution in [-0.4, -0.2) is 39.2 Å². The predicted molar refractivity (Wildman–Crippen MR) is 67.7 cm³/mol. The Bertz CT molecular complexity index is 444. The van der Waals surface area contributed by atoms with Crippen molar-refractivity contribution in [3.8, 4) is 0 Å². The van der Waals surface area contributed by atoms with Gasteiger partial charge in [-0.3, -0.25) is 4.79 Å². The maximum Gasteiger partial charge on any atom is 0.339 e. The predicted octanol–water partition coefficient (Wildman–Crippen LogP) is 1.47. The van der Waals surface area contributed by atoms with Gasteiger partial charge in [-0.2, -0.15) is 0 Å². The Kier molecular flexibility index (Phi) is 4.85. The molecule has 98 valence electrons. The maximum atomic E-state index is 12.0. The van der Waals surface area contributed by atoms with Gasteiger partial charge < -0.3 is 14.4 Å². The third-order valence-electron chi connectivity index (χ3n) is 2.70. The van der Waals surface area contributed by atoms with Crippen LogP contribution in [-0.2, 0) is 14.3 Å². The lowest BCUT2D eigenvalue weighted by atomic mass is 10.1. The fourth-order valence-corrected chi connectivity index (χ4v) is 1.54. The highest BCUT2D eigenvalue weighted by atomic mass is 16.5. The molecule has 5 nitrogen and oxygen atoms in total. The van der Waals surface area contributed by atoms with Crippen molar-refractivity contribution in [2.24, 2.45) is 0 Å². The molecule has 0 spiro atoms. The number of para-hydroxylation sites is 1. The quantitative estimate of drug-likeness (QED) is 0.760. The highest BCUT2D eigenvalue weighted by Crippen LogP contribution is 2.20. The number of carbonyl (C=O) groups excluding carboxylic acids is 2. The van der Waals surface area contributed by atoms with Crippen LogP contribution >= 0.6 is 0 Å². The van der Waals surface area contributed by atoms with Crippen LogP contribution in [0.2, 0.25) is 0 Å². The van der Waals surface area contributed by atoms with Crippen molar-refractivity contribution in [1.82, 2.24) is 0 Å². The van der Waals surface area contributed by atoms with Gasteiger partial charge in [0.2, 0.25) is 0 Å². The highest BCUT2D eigenvalue weighted by molar-refractivity contribution is 6.03. The lowest BCUT2D eigenvalue weighted by Crippen LogP contribution is -2.36. The van der Waals surface area contributed by atoms with Crippen molar-refractivity contribution in [1.29, 1.82) is 0 Å². The Morgan fingerprint density at radius 2 is 1.83 bits per heavy atom. The lowest BCUT2D eigenvalue weighted by Gasteiger charge is -2.22. The molecule has 1 atom stereocenters. The van der Waals surface area contributed by atoms with Crippen LogP contribution in [0.15, 0.2) is 24.3 Å². The first kappa shape index (κ1) is 14.2. The van der Waals surface area contributed by atoms with Crippen LogP contribution in [0.25, 0.3) is 0 Å². The first-order valence-electron chi connectivity index (χ1n) is 5.50. The molecule has 0 aromatic heterocycles. The molecule has 1 unspecified atom stereocenters. The fraction of sp³-hybridized carbons (Fsp3) is 0.385. The van der Waals surface area contributed by atoms with Crippen molar-refractivity contribution in [3.05, 3.63) is 29.8 Å². The average molecular weight is 251 g/mol. The molecule has 0 saturated carbocycles. The van der Waals surface area contributed by atoms with Crippen LogP contribution < -0.4 is 4.90 Å². The summed E-state index contributed by atoms with van der Waals surface area (Å²) in [6.45, 7) is 1.65. The van der Waals surface area contributed by atoms with E-state index in [9.17, 15) is 9.59 Å². The molecule has 1 amide bonds. The number of esters is 1. The van der Waals surface area contributed by atoms with Gasteiger partial charge in [-0.05, 0) is 19.1 Å². The summed E-state index contributed by atoms with van der Waals surface area (Å²) in [6, 6.07) is 6.77. The van der Waals surface area contributed by atoms with Gasteiger partial charge in [-0.1, -0.05) is 12.1 Å². The number of carbonyl (C=O) groups is 2. The molecule has 1 aromatic carbocycles. The first-order chi connectivity index (χ1) is 8.52. The maximum absolute atomic E-state index is 12.0. The van der Waals surface area contributed by atoms with E-state index in [0.29, 0.717) is 11.3 Å². The Morgan fingerprint density at radius 3 is 2.39 bits per heavy atom. The summed E-state index contributed by atoms with van der Waals surface area (Å²) in [5.74, 6) is -0.704. The molecule has 1 rings (SSSR count). The number of rotatable bonds is 4. The minimum Gasteiger partial charge on any atom is -0.465 e. The normalized spacial score (nSPS) is 11.8. The molecule has 0 aliphatic heterocycles. The van der Waals surface area contributed by atoms with Gasteiger partial charge in [-0.15, -0.1) is 0 Å². The molecule has 0 N–H and O–H groups in total.